The monoisotopic (exact) mass is 438 g/mol. The average Bonchev–Trinajstić information content (AvgIpc) is 2.87. The van der Waals surface area contributed by atoms with Crippen LogP contribution < -0.4 is 15.1 Å². The number of nitrogens with one attached hydrogen (secondary N) is 1. The van der Waals surface area contributed by atoms with E-state index >= 15 is 0 Å². The fourth-order valence-electron chi connectivity index (χ4n) is 4.97. The molecule has 4 nitrogen and oxygen atoms in total. The molecule has 1 N–H and O–H groups in total. The van der Waals surface area contributed by atoms with Crippen molar-refractivity contribution in [3.63, 3.8) is 0 Å². The maximum Gasteiger partial charge on any atom is 0.192 e. The number of aromatic amines is 1. The van der Waals surface area contributed by atoms with Gasteiger partial charge in [0.05, 0.1) is 18.3 Å². The third-order valence-corrected chi connectivity index (χ3v) is 6.95. The molecule has 4 aromatic rings. The van der Waals surface area contributed by atoms with Crippen molar-refractivity contribution in [3.05, 3.63) is 94.1 Å². The Balaban J connectivity index is 1.32. The first-order chi connectivity index (χ1) is 16.1. The SMILES string of the molecule is COc1ccc2c(=O)c(C)c(-c3ccc(N4CCC(Cc5ccccc5)CC4)cc3)[nH]c2c1. The van der Waals surface area contributed by atoms with E-state index in [0.29, 0.717) is 5.39 Å². The van der Waals surface area contributed by atoms with Crippen molar-refractivity contribution in [2.45, 2.75) is 26.2 Å². The number of hydrogen-bond donors (Lipinski definition) is 1. The first-order valence-corrected chi connectivity index (χ1v) is 11.7. The lowest BCUT2D eigenvalue weighted by Gasteiger charge is -2.34. The van der Waals surface area contributed by atoms with Crippen LogP contribution in [0.15, 0.2) is 77.6 Å². The zero-order chi connectivity index (χ0) is 22.8. The highest BCUT2D eigenvalue weighted by atomic mass is 16.5. The van der Waals surface area contributed by atoms with Gasteiger partial charge in [-0.05, 0) is 67.5 Å². The van der Waals surface area contributed by atoms with E-state index in [1.165, 1.54) is 30.5 Å². The third-order valence-electron chi connectivity index (χ3n) is 6.95. The van der Waals surface area contributed by atoms with Gasteiger partial charge in [0.2, 0.25) is 0 Å². The topological polar surface area (TPSA) is 45.3 Å². The summed E-state index contributed by atoms with van der Waals surface area (Å²) in [6.45, 7) is 4.06. The average molecular weight is 439 g/mol. The third kappa shape index (κ3) is 4.38. The quantitative estimate of drug-likeness (QED) is 0.417. The molecule has 4 heteroatoms. The number of hydrogen-bond acceptors (Lipinski definition) is 3. The highest BCUT2D eigenvalue weighted by molar-refractivity contribution is 5.84. The molecule has 0 bridgehead atoms. The molecule has 2 heterocycles. The van der Waals surface area contributed by atoms with E-state index < -0.39 is 0 Å². The fourth-order valence-corrected chi connectivity index (χ4v) is 4.97. The van der Waals surface area contributed by atoms with E-state index in [4.69, 9.17) is 4.74 Å². The van der Waals surface area contributed by atoms with Crippen LogP contribution in [-0.2, 0) is 6.42 Å². The Morgan fingerprint density at radius 3 is 2.39 bits per heavy atom. The molecule has 168 valence electrons. The molecular formula is C29H30N2O2. The summed E-state index contributed by atoms with van der Waals surface area (Å²) in [5.41, 5.74) is 6.18. The molecule has 3 aromatic carbocycles. The van der Waals surface area contributed by atoms with Gasteiger partial charge >= 0.3 is 0 Å². The number of nitrogens with zero attached hydrogens (tertiary/aromatic N) is 1. The Bertz CT molecular complexity index is 1300. The van der Waals surface area contributed by atoms with Crippen LogP contribution in [-0.4, -0.2) is 25.2 Å². The molecule has 0 saturated carbocycles. The lowest BCUT2D eigenvalue weighted by atomic mass is 9.90. The van der Waals surface area contributed by atoms with Crippen LogP contribution in [0.3, 0.4) is 0 Å². The van der Waals surface area contributed by atoms with Gasteiger partial charge in [-0.2, -0.15) is 0 Å². The highest BCUT2D eigenvalue weighted by Crippen LogP contribution is 2.29. The van der Waals surface area contributed by atoms with Crippen LogP contribution in [0.5, 0.6) is 5.75 Å². The van der Waals surface area contributed by atoms with E-state index in [-0.39, 0.29) is 5.43 Å². The first kappa shape index (κ1) is 21.3. The molecular weight excluding hydrogens is 408 g/mol. The molecule has 1 saturated heterocycles. The van der Waals surface area contributed by atoms with Gasteiger partial charge in [-0.15, -0.1) is 0 Å². The largest absolute Gasteiger partial charge is 0.497 e. The predicted octanol–water partition coefficient (Wildman–Crippen LogP) is 5.97. The molecule has 1 aromatic heterocycles. The van der Waals surface area contributed by atoms with Gasteiger partial charge in [0.15, 0.2) is 5.43 Å². The number of anilines is 1. The maximum absolute atomic E-state index is 12.9. The summed E-state index contributed by atoms with van der Waals surface area (Å²) in [7, 11) is 1.64. The second-order valence-corrected chi connectivity index (χ2v) is 9.03. The first-order valence-electron chi connectivity index (χ1n) is 11.7. The predicted molar refractivity (Wildman–Crippen MR) is 136 cm³/mol. The molecule has 0 spiro atoms. The van der Waals surface area contributed by atoms with Crippen LogP contribution in [0.1, 0.15) is 24.0 Å². The summed E-state index contributed by atoms with van der Waals surface area (Å²) in [6.07, 6.45) is 3.61. The van der Waals surface area contributed by atoms with Crippen molar-refractivity contribution in [1.29, 1.82) is 0 Å². The molecule has 33 heavy (non-hydrogen) atoms. The maximum atomic E-state index is 12.9. The summed E-state index contributed by atoms with van der Waals surface area (Å²) in [5.74, 6) is 1.49. The number of pyridine rings is 1. The van der Waals surface area contributed by atoms with Crippen molar-refractivity contribution < 1.29 is 4.74 Å². The van der Waals surface area contributed by atoms with Crippen molar-refractivity contribution in [2.24, 2.45) is 5.92 Å². The normalized spacial score (nSPS) is 14.5. The zero-order valence-electron chi connectivity index (χ0n) is 19.3. The number of aromatic nitrogens is 1. The Hall–Kier alpha value is -3.53. The van der Waals surface area contributed by atoms with Crippen molar-refractivity contribution in [3.8, 4) is 17.0 Å². The van der Waals surface area contributed by atoms with Crippen molar-refractivity contribution in [2.75, 3.05) is 25.1 Å². The van der Waals surface area contributed by atoms with Gasteiger partial charge in [-0.25, -0.2) is 0 Å². The molecule has 0 amide bonds. The Morgan fingerprint density at radius 2 is 1.70 bits per heavy atom. The van der Waals surface area contributed by atoms with E-state index in [2.05, 4.69) is 64.5 Å². The number of methoxy groups -OCH3 is 1. The van der Waals surface area contributed by atoms with E-state index in [1.54, 1.807) is 7.11 Å². The summed E-state index contributed by atoms with van der Waals surface area (Å²) < 4.78 is 5.33. The van der Waals surface area contributed by atoms with Gasteiger partial charge in [0.25, 0.3) is 0 Å². The minimum absolute atomic E-state index is 0.0611. The Labute approximate surface area is 194 Å². The second-order valence-electron chi connectivity index (χ2n) is 9.03. The smallest absolute Gasteiger partial charge is 0.192 e. The second kappa shape index (κ2) is 9.14. The lowest BCUT2D eigenvalue weighted by molar-refractivity contribution is 0.404. The minimum Gasteiger partial charge on any atom is -0.497 e. The molecule has 0 radical (unpaired) electrons. The molecule has 1 aliphatic heterocycles. The molecule has 0 unspecified atom stereocenters. The number of piperidine rings is 1. The minimum atomic E-state index is 0.0611. The van der Waals surface area contributed by atoms with Crippen LogP contribution in [0.4, 0.5) is 5.69 Å². The number of H-pyrrole nitrogens is 1. The van der Waals surface area contributed by atoms with Gasteiger partial charge in [-0.3, -0.25) is 4.79 Å². The van der Waals surface area contributed by atoms with Gasteiger partial charge in [0.1, 0.15) is 5.75 Å². The number of ether oxygens (including phenoxy) is 1. The standard InChI is InChI=1S/C29H30N2O2/c1-20-28(30-27-19-25(33-2)12-13-26(27)29(20)32)23-8-10-24(11-9-23)31-16-14-22(15-17-31)18-21-6-4-3-5-7-21/h3-13,19,22H,14-18H2,1-2H3,(H,30,32). The van der Waals surface area contributed by atoms with Crippen molar-refractivity contribution >= 4 is 16.6 Å². The van der Waals surface area contributed by atoms with Crippen LogP contribution in [0, 0.1) is 12.8 Å². The molecule has 1 aliphatic rings. The lowest BCUT2D eigenvalue weighted by Crippen LogP contribution is -2.34. The summed E-state index contributed by atoms with van der Waals surface area (Å²) in [6, 6.07) is 25.0. The number of benzene rings is 3. The number of fused-ring (bicyclic) bond motifs is 1. The van der Waals surface area contributed by atoms with Gasteiger partial charge in [-0.1, -0.05) is 42.5 Å². The molecule has 0 atom stereocenters. The van der Waals surface area contributed by atoms with Crippen LogP contribution in [0.2, 0.25) is 0 Å². The van der Waals surface area contributed by atoms with Gasteiger partial charge < -0.3 is 14.6 Å². The summed E-state index contributed by atoms with van der Waals surface area (Å²) in [5, 5.41) is 0.687. The number of rotatable bonds is 5. The highest BCUT2D eigenvalue weighted by Gasteiger charge is 2.20. The Morgan fingerprint density at radius 1 is 0.970 bits per heavy atom. The zero-order valence-corrected chi connectivity index (χ0v) is 19.3. The summed E-state index contributed by atoms with van der Waals surface area (Å²) in [4.78, 5) is 18.9. The van der Waals surface area contributed by atoms with Gasteiger partial charge in [0, 0.05) is 35.8 Å². The van der Waals surface area contributed by atoms with E-state index in [1.807, 2.05) is 25.1 Å². The molecule has 0 aliphatic carbocycles. The fraction of sp³-hybridized carbons (Fsp3) is 0.276. The Kier molecular flexibility index (Phi) is 5.91. The van der Waals surface area contributed by atoms with E-state index in [9.17, 15) is 4.79 Å². The van der Waals surface area contributed by atoms with E-state index in [0.717, 1.165) is 47.1 Å². The molecule has 5 rings (SSSR count). The van der Waals surface area contributed by atoms with Crippen LogP contribution >= 0.6 is 0 Å². The van der Waals surface area contributed by atoms with Crippen molar-refractivity contribution in [1.82, 2.24) is 4.98 Å². The summed E-state index contributed by atoms with van der Waals surface area (Å²) >= 11 is 0. The molecule has 1 fully saturated rings. The van der Waals surface area contributed by atoms with Crippen LogP contribution in [0.25, 0.3) is 22.2 Å².